The molecule has 0 bridgehead atoms. The van der Waals surface area contributed by atoms with E-state index in [-0.39, 0.29) is 0 Å². The normalized spacial score (nSPS) is 26.3. The van der Waals surface area contributed by atoms with Gasteiger partial charge in [-0.2, -0.15) is 11.3 Å². The fourth-order valence-corrected chi connectivity index (χ4v) is 5.49. The lowest BCUT2D eigenvalue weighted by molar-refractivity contribution is -0.142. The monoisotopic (exact) mass is 332 g/mol. The lowest BCUT2D eigenvalue weighted by Crippen LogP contribution is -2.53. The van der Waals surface area contributed by atoms with Crippen molar-refractivity contribution >= 4 is 17.2 Å². The van der Waals surface area contributed by atoms with Crippen LogP contribution in [0.3, 0.4) is 0 Å². The van der Waals surface area contributed by atoms with Crippen LogP contribution >= 0.6 is 11.3 Å². The lowest BCUT2D eigenvalue weighted by Gasteiger charge is -2.49. The lowest BCUT2D eigenvalue weighted by atomic mass is 9.72. The molecule has 0 unspecified atom stereocenters. The van der Waals surface area contributed by atoms with Crippen molar-refractivity contribution in [3.63, 3.8) is 0 Å². The van der Waals surface area contributed by atoms with Gasteiger partial charge in [0.15, 0.2) is 0 Å². The summed E-state index contributed by atoms with van der Waals surface area (Å²) in [5, 5.41) is 4.44. The molecule has 126 valence electrons. The Morgan fingerprint density at radius 1 is 1.17 bits per heavy atom. The molecule has 0 radical (unpaired) electrons. The van der Waals surface area contributed by atoms with Crippen LogP contribution in [-0.4, -0.2) is 41.4 Å². The van der Waals surface area contributed by atoms with E-state index in [9.17, 15) is 4.79 Å². The third-order valence-corrected chi connectivity index (χ3v) is 7.10. The summed E-state index contributed by atoms with van der Waals surface area (Å²) in [6.07, 6.45) is 9.58. The van der Waals surface area contributed by atoms with Crippen LogP contribution in [0, 0.1) is 5.41 Å². The van der Waals surface area contributed by atoms with E-state index in [2.05, 4.69) is 26.6 Å². The SMILES string of the molecule is O=C1CCC2(CCN(Cc3ccsc3)CC2)CN1C1CCCC1. The largest absolute Gasteiger partial charge is 0.339 e. The third kappa shape index (κ3) is 3.34. The van der Waals surface area contributed by atoms with Gasteiger partial charge in [-0.1, -0.05) is 12.8 Å². The van der Waals surface area contributed by atoms with Crippen molar-refractivity contribution in [1.29, 1.82) is 0 Å². The molecule has 3 heterocycles. The van der Waals surface area contributed by atoms with E-state index in [0.29, 0.717) is 17.4 Å². The second kappa shape index (κ2) is 6.56. The second-order valence-corrected chi connectivity index (χ2v) is 8.65. The van der Waals surface area contributed by atoms with Crippen LogP contribution in [0.1, 0.15) is 56.9 Å². The summed E-state index contributed by atoms with van der Waals surface area (Å²) in [4.78, 5) is 17.3. The number of carbonyl (C=O) groups is 1. The molecule has 0 N–H and O–H groups in total. The highest BCUT2D eigenvalue weighted by Gasteiger charge is 2.43. The minimum Gasteiger partial charge on any atom is -0.339 e. The van der Waals surface area contributed by atoms with Crippen LogP contribution in [0.2, 0.25) is 0 Å². The van der Waals surface area contributed by atoms with E-state index in [1.54, 1.807) is 11.3 Å². The van der Waals surface area contributed by atoms with E-state index >= 15 is 0 Å². The molecule has 1 saturated carbocycles. The molecule has 23 heavy (non-hydrogen) atoms. The number of piperidine rings is 2. The summed E-state index contributed by atoms with van der Waals surface area (Å²) in [6.45, 7) is 4.54. The van der Waals surface area contributed by atoms with Gasteiger partial charge in [-0.3, -0.25) is 9.69 Å². The standard InChI is InChI=1S/C19H28N2OS/c22-18-5-7-19(15-21(18)17-3-1-2-4-17)8-10-20(11-9-19)13-16-6-12-23-14-16/h6,12,14,17H,1-5,7-11,13,15H2. The summed E-state index contributed by atoms with van der Waals surface area (Å²) >= 11 is 1.79. The molecule has 1 aromatic rings. The van der Waals surface area contributed by atoms with Gasteiger partial charge in [-0.05, 0) is 73.0 Å². The van der Waals surface area contributed by atoms with Gasteiger partial charge in [0, 0.05) is 25.6 Å². The number of hydrogen-bond donors (Lipinski definition) is 0. The zero-order chi connectivity index (χ0) is 15.7. The van der Waals surface area contributed by atoms with Crippen molar-refractivity contribution in [1.82, 2.24) is 9.80 Å². The Bertz CT molecular complexity index is 528. The van der Waals surface area contributed by atoms with Crippen molar-refractivity contribution in [3.8, 4) is 0 Å². The number of carbonyl (C=O) groups excluding carboxylic acids is 1. The third-order valence-electron chi connectivity index (χ3n) is 6.36. The molecule has 3 aliphatic rings. The van der Waals surface area contributed by atoms with Gasteiger partial charge in [0.05, 0.1) is 0 Å². The van der Waals surface area contributed by atoms with Gasteiger partial charge in [0.25, 0.3) is 0 Å². The van der Waals surface area contributed by atoms with Crippen molar-refractivity contribution in [2.45, 2.75) is 64.0 Å². The zero-order valence-corrected chi connectivity index (χ0v) is 14.8. The van der Waals surface area contributed by atoms with Crippen LogP contribution < -0.4 is 0 Å². The maximum absolute atomic E-state index is 12.4. The average Bonchev–Trinajstić information content (AvgIpc) is 3.26. The smallest absolute Gasteiger partial charge is 0.222 e. The first kappa shape index (κ1) is 15.6. The van der Waals surface area contributed by atoms with Crippen LogP contribution in [0.5, 0.6) is 0 Å². The van der Waals surface area contributed by atoms with Gasteiger partial charge in [-0.25, -0.2) is 0 Å². The zero-order valence-electron chi connectivity index (χ0n) is 14.0. The molecule has 1 aromatic heterocycles. The first-order valence-corrected chi connectivity index (χ1v) is 10.2. The molecule has 1 aliphatic carbocycles. The molecule has 0 atom stereocenters. The Kier molecular flexibility index (Phi) is 4.46. The van der Waals surface area contributed by atoms with Gasteiger partial charge in [0.1, 0.15) is 0 Å². The summed E-state index contributed by atoms with van der Waals surface area (Å²) in [7, 11) is 0. The fourth-order valence-electron chi connectivity index (χ4n) is 4.83. The number of nitrogens with zero attached hydrogens (tertiary/aromatic N) is 2. The van der Waals surface area contributed by atoms with Crippen molar-refractivity contribution in [3.05, 3.63) is 22.4 Å². The maximum atomic E-state index is 12.4. The molecule has 4 rings (SSSR count). The Morgan fingerprint density at radius 3 is 2.65 bits per heavy atom. The highest BCUT2D eigenvalue weighted by atomic mass is 32.1. The number of thiophene rings is 1. The number of likely N-dealkylation sites (tertiary alicyclic amines) is 2. The van der Waals surface area contributed by atoms with E-state index in [0.717, 1.165) is 25.9 Å². The maximum Gasteiger partial charge on any atom is 0.222 e. The molecule has 0 aromatic carbocycles. The Morgan fingerprint density at radius 2 is 1.96 bits per heavy atom. The van der Waals surface area contributed by atoms with Crippen LogP contribution in [0.4, 0.5) is 0 Å². The molecular formula is C19H28N2OS. The van der Waals surface area contributed by atoms with E-state index in [1.807, 2.05) is 0 Å². The van der Waals surface area contributed by atoms with Crippen molar-refractivity contribution in [2.75, 3.05) is 19.6 Å². The molecular weight excluding hydrogens is 304 g/mol. The average molecular weight is 333 g/mol. The van der Waals surface area contributed by atoms with E-state index in [1.165, 1.54) is 57.2 Å². The molecule has 3 nitrogen and oxygen atoms in total. The Hall–Kier alpha value is -0.870. The van der Waals surface area contributed by atoms with Crippen LogP contribution in [0.25, 0.3) is 0 Å². The minimum absolute atomic E-state index is 0.418. The first-order chi connectivity index (χ1) is 11.2. The molecule has 1 amide bonds. The first-order valence-electron chi connectivity index (χ1n) is 9.27. The summed E-state index contributed by atoms with van der Waals surface area (Å²) in [6, 6.07) is 2.80. The van der Waals surface area contributed by atoms with Gasteiger partial charge in [-0.15, -0.1) is 0 Å². The number of rotatable bonds is 3. The second-order valence-electron chi connectivity index (χ2n) is 7.87. The molecule has 4 heteroatoms. The summed E-state index contributed by atoms with van der Waals surface area (Å²) in [5.41, 5.74) is 1.87. The Balaban J connectivity index is 1.36. The van der Waals surface area contributed by atoms with Crippen LogP contribution in [-0.2, 0) is 11.3 Å². The summed E-state index contributed by atoms with van der Waals surface area (Å²) in [5.74, 6) is 0.434. The Labute approximate surface area is 143 Å². The van der Waals surface area contributed by atoms with E-state index < -0.39 is 0 Å². The molecule has 1 spiro atoms. The predicted octanol–water partition coefficient (Wildman–Crippen LogP) is 3.90. The highest BCUT2D eigenvalue weighted by molar-refractivity contribution is 7.07. The minimum atomic E-state index is 0.418. The molecule has 2 aliphatic heterocycles. The van der Waals surface area contributed by atoms with Gasteiger partial charge >= 0.3 is 0 Å². The van der Waals surface area contributed by atoms with Crippen LogP contribution in [0.15, 0.2) is 16.8 Å². The topological polar surface area (TPSA) is 23.6 Å². The summed E-state index contributed by atoms with van der Waals surface area (Å²) < 4.78 is 0. The predicted molar refractivity (Wildman–Crippen MR) is 94.5 cm³/mol. The van der Waals surface area contributed by atoms with Gasteiger partial charge < -0.3 is 4.90 Å². The number of hydrogen-bond acceptors (Lipinski definition) is 3. The van der Waals surface area contributed by atoms with Crippen molar-refractivity contribution < 1.29 is 4.79 Å². The van der Waals surface area contributed by atoms with Crippen molar-refractivity contribution in [2.24, 2.45) is 5.41 Å². The van der Waals surface area contributed by atoms with E-state index in [4.69, 9.17) is 0 Å². The molecule has 3 fully saturated rings. The fraction of sp³-hybridized carbons (Fsp3) is 0.737. The highest BCUT2D eigenvalue weighted by Crippen LogP contribution is 2.42. The van der Waals surface area contributed by atoms with Gasteiger partial charge in [0.2, 0.25) is 5.91 Å². The quantitative estimate of drug-likeness (QED) is 0.838. The number of amides is 1. The molecule has 2 saturated heterocycles.